The minimum atomic E-state index is -0.791. The Hall–Kier alpha value is -1.62. The number of rotatable bonds is 6. The molecule has 0 bridgehead atoms. The Kier molecular flexibility index (Phi) is 4.72. The summed E-state index contributed by atoms with van der Waals surface area (Å²) < 4.78 is 4.93. The van der Waals surface area contributed by atoms with Crippen molar-refractivity contribution in [3.8, 4) is 5.88 Å². The number of aliphatic carboxylic acids is 1. The summed E-state index contributed by atoms with van der Waals surface area (Å²) in [5.74, 6) is -0.603. The molecule has 1 aromatic rings. The van der Waals surface area contributed by atoms with Crippen LogP contribution in [0.4, 0.5) is 0 Å². The Bertz CT molecular complexity index is 338. The van der Waals surface area contributed by atoms with E-state index in [4.69, 9.17) is 9.84 Å². The van der Waals surface area contributed by atoms with Crippen molar-refractivity contribution in [1.82, 2.24) is 10.3 Å². The van der Waals surface area contributed by atoms with Crippen LogP contribution in [0, 0.1) is 5.92 Å². The smallest absolute Gasteiger partial charge is 0.307 e. The van der Waals surface area contributed by atoms with E-state index in [2.05, 4.69) is 10.3 Å². The highest BCUT2D eigenvalue weighted by Crippen LogP contribution is 2.06. The number of hydrogen-bond donors (Lipinski definition) is 2. The summed E-state index contributed by atoms with van der Waals surface area (Å²) >= 11 is 0. The fraction of sp³-hybridized carbons (Fsp3) is 0.455. The van der Waals surface area contributed by atoms with Gasteiger partial charge < -0.3 is 15.2 Å². The number of carboxylic acids is 1. The van der Waals surface area contributed by atoms with Crippen molar-refractivity contribution in [2.24, 2.45) is 5.92 Å². The number of ether oxygens (including phenoxy) is 1. The van der Waals surface area contributed by atoms with E-state index in [1.807, 2.05) is 6.07 Å². The topological polar surface area (TPSA) is 71.5 Å². The maximum atomic E-state index is 10.6. The van der Waals surface area contributed by atoms with Crippen molar-refractivity contribution in [2.45, 2.75) is 13.5 Å². The van der Waals surface area contributed by atoms with Crippen LogP contribution in [0.3, 0.4) is 0 Å². The van der Waals surface area contributed by atoms with E-state index in [9.17, 15) is 4.79 Å². The number of pyridine rings is 1. The molecule has 16 heavy (non-hydrogen) atoms. The molecule has 1 heterocycles. The van der Waals surface area contributed by atoms with Gasteiger partial charge in [-0.15, -0.1) is 0 Å². The maximum Gasteiger partial charge on any atom is 0.307 e. The Morgan fingerprint density at radius 2 is 2.38 bits per heavy atom. The molecule has 0 saturated carbocycles. The van der Waals surface area contributed by atoms with Gasteiger partial charge in [0.05, 0.1) is 13.0 Å². The summed E-state index contributed by atoms with van der Waals surface area (Å²) in [7, 11) is 1.56. The molecule has 0 aliphatic carbocycles. The molecule has 0 amide bonds. The van der Waals surface area contributed by atoms with Crippen LogP contribution in [0.1, 0.15) is 12.5 Å². The van der Waals surface area contributed by atoms with Gasteiger partial charge in [0.1, 0.15) is 0 Å². The molecule has 88 valence electrons. The molecule has 5 heteroatoms. The van der Waals surface area contributed by atoms with E-state index in [1.165, 1.54) is 0 Å². The lowest BCUT2D eigenvalue weighted by molar-refractivity contribution is -0.140. The predicted molar refractivity (Wildman–Crippen MR) is 59.3 cm³/mol. The summed E-state index contributed by atoms with van der Waals surface area (Å²) in [6, 6.07) is 3.67. The number of methoxy groups -OCH3 is 1. The predicted octanol–water partition coefficient (Wildman–Crippen LogP) is 0.900. The summed E-state index contributed by atoms with van der Waals surface area (Å²) in [6.07, 6.45) is 1.71. The average molecular weight is 224 g/mol. The Morgan fingerprint density at radius 3 is 2.88 bits per heavy atom. The highest BCUT2D eigenvalue weighted by atomic mass is 16.5. The normalized spacial score (nSPS) is 12.1. The lowest BCUT2D eigenvalue weighted by Crippen LogP contribution is -2.25. The minimum Gasteiger partial charge on any atom is -0.481 e. The Labute approximate surface area is 94.5 Å². The Balaban J connectivity index is 2.34. The molecule has 1 rings (SSSR count). The van der Waals surface area contributed by atoms with Crippen LogP contribution < -0.4 is 10.1 Å². The highest BCUT2D eigenvalue weighted by molar-refractivity contribution is 5.69. The molecule has 0 spiro atoms. The van der Waals surface area contributed by atoms with E-state index < -0.39 is 5.97 Å². The quantitative estimate of drug-likeness (QED) is 0.751. The van der Waals surface area contributed by atoms with E-state index in [0.29, 0.717) is 19.0 Å². The summed E-state index contributed by atoms with van der Waals surface area (Å²) in [4.78, 5) is 14.6. The van der Waals surface area contributed by atoms with Crippen molar-refractivity contribution in [3.05, 3.63) is 23.9 Å². The molecular weight excluding hydrogens is 208 g/mol. The average Bonchev–Trinajstić information content (AvgIpc) is 2.29. The minimum absolute atomic E-state index is 0.383. The zero-order chi connectivity index (χ0) is 12.0. The van der Waals surface area contributed by atoms with Crippen LogP contribution in [0.25, 0.3) is 0 Å². The SMILES string of the molecule is COc1ccc(CNCC(C)C(=O)O)cn1. The molecule has 0 aliphatic heterocycles. The van der Waals surface area contributed by atoms with Crippen LogP contribution in [-0.4, -0.2) is 29.7 Å². The molecule has 0 aliphatic rings. The molecule has 1 atom stereocenters. The van der Waals surface area contributed by atoms with Crippen molar-refractivity contribution in [1.29, 1.82) is 0 Å². The first-order valence-electron chi connectivity index (χ1n) is 5.06. The van der Waals surface area contributed by atoms with Gasteiger partial charge in [-0.25, -0.2) is 4.98 Å². The van der Waals surface area contributed by atoms with E-state index in [1.54, 1.807) is 26.3 Å². The summed E-state index contributed by atoms with van der Waals surface area (Å²) in [5.41, 5.74) is 0.999. The van der Waals surface area contributed by atoms with Gasteiger partial charge in [-0.3, -0.25) is 4.79 Å². The highest BCUT2D eigenvalue weighted by Gasteiger charge is 2.09. The van der Waals surface area contributed by atoms with E-state index in [0.717, 1.165) is 5.56 Å². The second-order valence-corrected chi connectivity index (χ2v) is 3.58. The summed E-state index contributed by atoms with van der Waals surface area (Å²) in [5, 5.41) is 11.7. The molecule has 1 aromatic heterocycles. The lowest BCUT2D eigenvalue weighted by atomic mass is 10.2. The number of hydrogen-bond acceptors (Lipinski definition) is 4. The van der Waals surface area contributed by atoms with E-state index in [-0.39, 0.29) is 5.92 Å². The van der Waals surface area contributed by atoms with Gasteiger partial charge in [-0.1, -0.05) is 13.0 Å². The standard InChI is InChI=1S/C11H16N2O3/c1-8(11(14)15)5-12-6-9-3-4-10(16-2)13-7-9/h3-4,7-8,12H,5-6H2,1-2H3,(H,14,15). The van der Waals surface area contributed by atoms with Gasteiger partial charge in [0.15, 0.2) is 0 Å². The second kappa shape index (κ2) is 6.07. The van der Waals surface area contributed by atoms with Crippen LogP contribution in [0.15, 0.2) is 18.3 Å². The first-order valence-corrected chi connectivity index (χ1v) is 5.06. The van der Waals surface area contributed by atoms with Gasteiger partial charge >= 0.3 is 5.97 Å². The second-order valence-electron chi connectivity index (χ2n) is 3.58. The third-order valence-corrected chi connectivity index (χ3v) is 2.21. The molecule has 1 unspecified atom stereocenters. The molecule has 0 radical (unpaired) electrons. The fourth-order valence-corrected chi connectivity index (χ4v) is 1.16. The van der Waals surface area contributed by atoms with Gasteiger partial charge in [0.2, 0.25) is 5.88 Å². The zero-order valence-corrected chi connectivity index (χ0v) is 9.43. The molecule has 0 aromatic carbocycles. The van der Waals surface area contributed by atoms with Crippen LogP contribution in [-0.2, 0) is 11.3 Å². The largest absolute Gasteiger partial charge is 0.481 e. The molecular formula is C11H16N2O3. The monoisotopic (exact) mass is 224 g/mol. The third-order valence-electron chi connectivity index (χ3n) is 2.21. The molecule has 5 nitrogen and oxygen atoms in total. The Morgan fingerprint density at radius 1 is 1.62 bits per heavy atom. The summed E-state index contributed by atoms with van der Waals surface area (Å²) in [6.45, 7) is 2.72. The number of nitrogens with one attached hydrogen (secondary N) is 1. The molecule has 2 N–H and O–H groups in total. The molecule has 0 fully saturated rings. The van der Waals surface area contributed by atoms with Gasteiger partial charge in [-0.05, 0) is 5.56 Å². The first-order chi connectivity index (χ1) is 7.63. The maximum absolute atomic E-state index is 10.6. The lowest BCUT2D eigenvalue weighted by Gasteiger charge is -2.08. The van der Waals surface area contributed by atoms with Crippen molar-refractivity contribution in [3.63, 3.8) is 0 Å². The molecule has 0 saturated heterocycles. The first kappa shape index (κ1) is 12.4. The van der Waals surface area contributed by atoms with Gasteiger partial charge in [0.25, 0.3) is 0 Å². The number of aromatic nitrogens is 1. The number of carboxylic acid groups (broad SMARTS) is 1. The van der Waals surface area contributed by atoms with Crippen LogP contribution in [0.2, 0.25) is 0 Å². The number of carbonyl (C=O) groups is 1. The van der Waals surface area contributed by atoms with Crippen molar-refractivity contribution >= 4 is 5.97 Å². The fourth-order valence-electron chi connectivity index (χ4n) is 1.16. The van der Waals surface area contributed by atoms with Gasteiger partial charge in [0, 0.05) is 25.4 Å². The van der Waals surface area contributed by atoms with Crippen LogP contribution in [0.5, 0.6) is 5.88 Å². The van der Waals surface area contributed by atoms with Crippen LogP contribution >= 0.6 is 0 Å². The number of nitrogens with zero attached hydrogens (tertiary/aromatic N) is 1. The third kappa shape index (κ3) is 3.86. The zero-order valence-electron chi connectivity index (χ0n) is 9.43. The van der Waals surface area contributed by atoms with Gasteiger partial charge in [-0.2, -0.15) is 0 Å². The van der Waals surface area contributed by atoms with E-state index >= 15 is 0 Å². The van der Waals surface area contributed by atoms with Crippen molar-refractivity contribution in [2.75, 3.05) is 13.7 Å². The van der Waals surface area contributed by atoms with Crippen molar-refractivity contribution < 1.29 is 14.6 Å².